The van der Waals surface area contributed by atoms with E-state index in [0.717, 1.165) is 45.2 Å². The fourth-order valence-electron chi connectivity index (χ4n) is 1.66. The number of nitrogens with zero attached hydrogens (tertiary/aromatic N) is 1. The zero-order valence-corrected chi connectivity index (χ0v) is 8.17. The Morgan fingerprint density at radius 2 is 2.08 bits per heavy atom. The van der Waals surface area contributed by atoms with Gasteiger partial charge in [0.15, 0.2) is 0 Å². The van der Waals surface area contributed by atoms with Crippen LogP contribution in [0, 0.1) is 6.92 Å². The van der Waals surface area contributed by atoms with E-state index in [9.17, 15) is 4.79 Å². The summed E-state index contributed by atoms with van der Waals surface area (Å²) in [6.07, 6.45) is 4.85. The monoisotopic (exact) mass is 183 g/mol. The van der Waals surface area contributed by atoms with E-state index in [1.165, 1.54) is 0 Å². The molecule has 0 aromatic carbocycles. The SMILES string of the molecule is [CH2]CCC[C@@H](N)C(=O)N1CCCC1. The lowest BCUT2D eigenvalue weighted by atomic mass is 10.1. The molecule has 1 saturated heterocycles. The number of carbonyl (C=O) groups is 1. The summed E-state index contributed by atoms with van der Waals surface area (Å²) in [5.74, 6) is 0.131. The molecule has 3 heteroatoms. The maximum Gasteiger partial charge on any atom is 0.239 e. The van der Waals surface area contributed by atoms with Gasteiger partial charge in [0.05, 0.1) is 6.04 Å². The number of unbranched alkanes of at least 4 members (excludes halogenated alkanes) is 1. The summed E-state index contributed by atoms with van der Waals surface area (Å²) in [6, 6.07) is -0.292. The molecule has 1 aliphatic heterocycles. The van der Waals surface area contributed by atoms with Crippen molar-refractivity contribution < 1.29 is 4.79 Å². The van der Waals surface area contributed by atoms with E-state index in [1.54, 1.807) is 0 Å². The minimum Gasteiger partial charge on any atom is -0.341 e. The maximum absolute atomic E-state index is 11.6. The van der Waals surface area contributed by atoms with Crippen molar-refractivity contribution in [2.45, 2.75) is 38.1 Å². The molecule has 1 atom stereocenters. The molecule has 75 valence electrons. The summed E-state index contributed by atoms with van der Waals surface area (Å²) in [5, 5.41) is 0. The number of hydrogen-bond donors (Lipinski definition) is 1. The second kappa shape index (κ2) is 5.22. The van der Waals surface area contributed by atoms with Gasteiger partial charge in [0.1, 0.15) is 0 Å². The summed E-state index contributed by atoms with van der Waals surface area (Å²) in [7, 11) is 0. The maximum atomic E-state index is 11.6. The first-order valence-electron chi connectivity index (χ1n) is 5.09. The Hall–Kier alpha value is -0.570. The molecule has 1 aliphatic rings. The first-order chi connectivity index (χ1) is 6.25. The van der Waals surface area contributed by atoms with E-state index in [4.69, 9.17) is 5.73 Å². The Kier molecular flexibility index (Phi) is 4.22. The largest absolute Gasteiger partial charge is 0.341 e. The topological polar surface area (TPSA) is 46.3 Å². The van der Waals surface area contributed by atoms with Crippen LogP contribution < -0.4 is 5.73 Å². The van der Waals surface area contributed by atoms with E-state index >= 15 is 0 Å². The standard InChI is InChI=1S/C10H19N2O/c1-2-3-6-9(11)10(13)12-7-4-5-8-12/h9H,1-8,11H2/t9-/m1/s1. The Balaban J connectivity index is 2.28. The van der Waals surface area contributed by atoms with Crippen LogP contribution in [0.25, 0.3) is 0 Å². The van der Waals surface area contributed by atoms with Crippen LogP contribution in [0.15, 0.2) is 0 Å². The van der Waals surface area contributed by atoms with Gasteiger partial charge < -0.3 is 10.6 Å². The van der Waals surface area contributed by atoms with Crippen molar-refractivity contribution in [1.82, 2.24) is 4.90 Å². The van der Waals surface area contributed by atoms with E-state index in [1.807, 2.05) is 4.90 Å². The minimum atomic E-state index is -0.292. The molecule has 13 heavy (non-hydrogen) atoms. The molecule has 1 fully saturated rings. The predicted octanol–water partition coefficient (Wildman–Crippen LogP) is 0.940. The molecular weight excluding hydrogens is 164 g/mol. The van der Waals surface area contributed by atoms with Crippen LogP contribution >= 0.6 is 0 Å². The highest BCUT2D eigenvalue weighted by Crippen LogP contribution is 2.10. The van der Waals surface area contributed by atoms with Crippen molar-refractivity contribution in [1.29, 1.82) is 0 Å². The molecular formula is C10H19N2O. The van der Waals surface area contributed by atoms with E-state index in [0.29, 0.717) is 0 Å². The quantitative estimate of drug-likeness (QED) is 0.705. The van der Waals surface area contributed by atoms with Gasteiger partial charge in [0.2, 0.25) is 5.91 Å². The first-order valence-corrected chi connectivity index (χ1v) is 5.09. The van der Waals surface area contributed by atoms with Crippen LogP contribution in [0.5, 0.6) is 0 Å². The average molecular weight is 183 g/mol. The molecule has 0 bridgehead atoms. The second-order valence-corrected chi connectivity index (χ2v) is 3.63. The van der Waals surface area contributed by atoms with Gasteiger partial charge >= 0.3 is 0 Å². The van der Waals surface area contributed by atoms with Crippen LogP contribution in [0.4, 0.5) is 0 Å². The molecule has 0 unspecified atom stereocenters. The van der Waals surface area contributed by atoms with Crippen LogP contribution in [0.2, 0.25) is 0 Å². The van der Waals surface area contributed by atoms with Crippen molar-refractivity contribution in [3.63, 3.8) is 0 Å². The Morgan fingerprint density at radius 3 is 2.62 bits per heavy atom. The zero-order chi connectivity index (χ0) is 9.68. The highest BCUT2D eigenvalue weighted by Gasteiger charge is 2.22. The van der Waals surface area contributed by atoms with Gasteiger partial charge in [-0.05, 0) is 19.3 Å². The van der Waals surface area contributed by atoms with Gasteiger partial charge in [-0.3, -0.25) is 4.79 Å². The summed E-state index contributed by atoms with van der Waals surface area (Å²) in [4.78, 5) is 13.5. The van der Waals surface area contributed by atoms with Crippen molar-refractivity contribution in [2.24, 2.45) is 5.73 Å². The predicted molar refractivity (Wildman–Crippen MR) is 53.0 cm³/mol. The smallest absolute Gasteiger partial charge is 0.239 e. The van der Waals surface area contributed by atoms with Gasteiger partial charge in [0, 0.05) is 13.1 Å². The van der Waals surface area contributed by atoms with Crippen LogP contribution in [-0.4, -0.2) is 29.9 Å². The number of rotatable bonds is 4. The number of carbonyl (C=O) groups excluding carboxylic acids is 1. The average Bonchev–Trinajstić information content (AvgIpc) is 2.65. The number of hydrogen-bond acceptors (Lipinski definition) is 2. The third-order valence-electron chi connectivity index (χ3n) is 2.50. The lowest BCUT2D eigenvalue weighted by Gasteiger charge is -2.19. The second-order valence-electron chi connectivity index (χ2n) is 3.63. The van der Waals surface area contributed by atoms with Gasteiger partial charge in [-0.1, -0.05) is 19.8 Å². The molecule has 3 nitrogen and oxygen atoms in total. The number of amides is 1. The first kappa shape index (κ1) is 10.5. The number of likely N-dealkylation sites (tertiary alicyclic amines) is 1. The fraction of sp³-hybridized carbons (Fsp3) is 0.800. The minimum absolute atomic E-state index is 0.131. The van der Waals surface area contributed by atoms with Crippen molar-refractivity contribution in [3.8, 4) is 0 Å². The van der Waals surface area contributed by atoms with Crippen molar-refractivity contribution in [3.05, 3.63) is 6.92 Å². The molecule has 1 rings (SSSR count). The highest BCUT2D eigenvalue weighted by atomic mass is 16.2. The van der Waals surface area contributed by atoms with Gasteiger partial charge in [-0.2, -0.15) is 0 Å². The van der Waals surface area contributed by atoms with E-state index in [-0.39, 0.29) is 11.9 Å². The summed E-state index contributed by atoms with van der Waals surface area (Å²) in [5.41, 5.74) is 5.76. The molecule has 0 aromatic heterocycles. The fourth-order valence-corrected chi connectivity index (χ4v) is 1.66. The van der Waals surface area contributed by atoms with Crippen LogP contribution in [0.3, 0.4) is 0 Å². The van der Waals surface area contributed by atoms with Crippen molar-refractivity contribution in [2.75, 3.05) is 13.1 Å². The summed E-state index contributed by atoms with van der Waals surface area (Å²) >= 11 is 0. The van der Waals surface area contributed by atoms with Crippen molar-refractivity contribution >= 4 is 5.91 Å². The molecule has 1 radical (unpaired) electrons. The Morgan fingerprint density at radius 1 is 1.46 bits per heavy atom. The van der Waals surface area contributed by atoms with E-state index in [2.05, 4.69) is 6.92 Å². The van der Waals surface area contributed by atoms with Gasteiger partial charge in [-0.25, -0.2) is 0 Å². The normalized spacial score (nSPS) is 19.1. The van der Waals surface area contributed by atoms with E-state index < -0.39 is 0 Å². The Labute approximate surface area is 80.3 Å². The van der Waals surface area contributed by atoms with Gasteiger partial charge in [-0.15, -0.1) is 0 Å². The van der Waals surface area contributed by atoms with Gasteiger partial charge in [0.25, 0.3) is 0 Å². The molecule has 0 saturated carbocycles. The zero-order valence-electron chi connectivity index (χ0n) is 8.17. The third kappa shape index (κ3) is 2.99. The molecule has 1 heterocycles. The van der Waals surface area contributed by atoms with Crippen LogP contribution in [-0.2, 0) is 4.79 Å². The molecule has 0 aliphatic carbocycles. The summed E-state index contributed by atoms with van der Waals surface area (Å²) < 4.78 is 0. The molecule has 2 N–H and O–H groups in total. The lowest BCUT2D eigenvalue weighted by Crippen LogP contribution is -2.42. The molecule has 0 aromatic rings. The lowest BCUT2D eigenvalue weighted by molar-refractivity contribution is -0.131. The number of nitrogens with two attached hydrogens (primary N) is 1. The summed E-state index contributed by atoms with van der Waals surface area (Å²) in [6.45, 7) is 5.53. The highest BCUT2D eigenvalue weighted by molar-refractivity contribution is 5.81. The third-order valence-corrected chi connectivity index (χ3v) is 2.50. The van der Waals surface area contributed by atoms with Crippen LogP contribution in [0.1, 0.15) is 32.1 Å². The molecule has 0 spiro atoms. The Bertz CT molecular complexity index is 164. The molecule has 1 amide bonds.